The molecular weight excluding hydrogens is 236 g/mol. The van der Waals surface area contributed by atoms with Crippen LogP contribution in [0.1, 0.15) is 12.1 Å². The van der Waals surface area contributed by atoms with E-state index in [1.54, 1.807) is 10.9 Å². The molecule has 2 atom stereocenters. The van der Waals surface area contributed by atoms with Crippen LogP contribution in [0.5, 0.6) is 0 Å². The van der Waals surface area contributed by atoms with Gasteiger partial charge in [-0.1, -0.05) is 5.11 Å². The summed E-state index contributed by atoms with van der Waals surface area (Å²) in [6.07, 6.45) is 1.23. The van der Waals surface area contributed by atoms with E-state index in [0.29, 0.717) is 13.0 Å². The van der Waals surface area contributed by atoms with Crippen molar-refractivity contribution in [2.45, 2.75) is 32.0 Å². The molecule has 2 rings (SSSR count). The predicted octanol–water partition coefficient (Wildman–Crippen LogP) is 1.62. The number of carbonyl (C=O) groups is 1. The number of azide groups is 1. The number of hydrogen-bond acceptors (Lipinski definition) is 3. The number of likely N-dealkylation sites (tertiary alicyclic amines) is 1. The molecule has 0 bridgehead atoms. The maximum Gasteiger partial charge on any atom is 0.407 e. The summed E-state index contributed by atoms with van der Waals surface area (Å²) in [4.78, 5) is 15.2. The molecule has 0 aliphatic carbocycles. The molecule has 1 saturated heterocycles. The molecule has 1 aliphatic rings. The third-order valence-corrected chi connectivity index (χ3v) is 3.17. The smallest absolute Gasteiger partial charge is 0.407 e. The van der Waals surface area contributed by atoms with Crippen molar-refractivity contribution in [3.63, 3.8) is 0 Å². The molecule has 1 amide bonds. The summed E-state index contributed by atoms with van der Waals surface area (Å²) in [5.74, 6) is 0. The number of aryl methyl sites for hydroxylation is 1. The molecule has 0 spiro atoms. The Hall–Kier alpha value is -2.21. The summed E-state index contributed by atoms with van der Waals surface area (Å²) in [6.45, 7) is 2.66. The Kier molecular flexibility index (Phi) is 3.38. The van der Waals surface area contributed by atoms with Crippen LogP contribution in [0.25, 0.3) is 10.4 Å². The van der Waals surface area contributed by atoms with Crippen molar-refractivity contribution in [2.24, 2.45) is 5.11 Å². The first-order chi connectivity index (χ1) is 8.61. The molecule has 1 aromatic heterocycles. The Morgan fingerprint density at radius 2 is 2.56 bits per heavy atom. The number of nitrogens with zero attached hydrogens (tertiary/aromatic N) is 6. The molecule has 0 aromatic carbocycles. The first kappa shape index (κ1) is 12.3. The number of rotatable bonds is 3. The van der Waals surface area contributed by atoms with Gasteiger partial charge in [0.1, 0.15) is 0 Å². The summed E-state index contributed by atoms with van der Waals surface area (Å²) in [7, 11) is 0. The molecule has 18 heavy (non-hydrogen) atoms. The Morgan fingerprint density at radius 3 is 3.11 bits per heavy atom. The Labute approximate surface area is 103 Å². The minimum Gasteiger partial charge on any atom is -0.465 e. The molecular formula is C10H14N6O2. The second-order valence-corrected chi connectivity index (χ2v) is 4.34. The molecule has 1 fully saturated rings. The largest absolute Gasteiger partial charge is 0.465 e. The highest BCUT2D eigenvalue weighted by atomic mass is 16.4. The van der Waals surface area contributed by atoms with E-state index in [1.807, 2.05) is 13.0 Å². The molecule has 0 radical (unpaired) electrons. The molecule has 1 aromatic rings. The van der Waals surface area contributed by atoms with Crippen LogP contribution in [0.15, 0.2) is 17.4 Å². The molecule has 8 heteroatoms. The lowest BCUT2D eigenvalue weighted by atomic mass is 10.2. The molecule has 96 valence electrons. The van der Waals surface area contributed by atoms with Gasteiger partial charge in [-0.3, -0.25) is 4.68 Å². The molecule has 2 heterocycles. The lowest BCUT2D eigenvalue weighted by molar-refractivity contribution is 0.135. The maximum absolute atomic E-state index is 11.1. The van der Waals surface area contributed by atoms with Gasteiger partial charge in [0.25, 0.3) is 0 Å². The van der Waals surface area contributed by atoms with Gasteiger partial charge in [-0.05, 0) is 24.9 Å². The highest BCUT2D eigenvalue weighted by molar-refractivity contribution is 5.66. The van der Waals surface area contributed by atoms with Gasteiger partial charge in [0.15, 0.2) is 0 Å². The van der Waals surface area contributed by atoms with Crippen molar-refractivity contribution in [2.75, 3.05) is 6.54 Å². The second kappa shape index (κ2) is 4.97. The summed E-state index contributed by atoms with van der Waals surface area (Å²) < 4.78 is 1.76. The van der Waals surface area contributed by atoms with Crippen LogP contribution < -0.4 is 0 Å². The molecule has 0 unspecified atom stereocenters. The minimum absolute atomic E-state index is 0.198. The van der Waals surface area contributed by atoms with Crippen LogP contribution in [0.2, 0.25) is 0 Å². The standard InChI is InChI=1S/C10H14N6O2/c1-7-2-3-12-16(7)6-9-4-8(13-14-11)5-15(9)10(17)18/h2-3,8-9H,4-6H2,1H3,(H,17,18)/t8-,9+/m1/s1. The lowest BCUT2D eigenvalue weighted by Gasteiger charge is -2.21. The van der Waals surface area contributed by atoms with Gasteiger partial charge in [-0.2, -0.15) is 5.10 Å². The van der Waals surface area contributed by atoms with Gasteiger partial charge in [-0.15, -0.1) is 0 Å². The first-order valence-corrected chi connectivity index (χ1v) is 5.64. The van der Waals surface area contributed by atoms with Crippen LogP contribution in [0.4, 0.5) is 4.79 Å². The molecule has 1 N–H and O–H groups in total. The average molecular weight is 250 g/mol. The summed E-state index contributed by atoms with van der Waals surface area (Å²) in [6, 6.07) is 1.38. The van der Waals surface area contributed by atoms with E-state index in [9.17, 15) is 4.79 Å². The van der Waals surface area contributed by atoms with E-state index >= 15 is 0 Å². The van der Waals surface area contributed by atoms with Gasteiger partial charge in [0, 0.05) is 23.3 Å². The SMILES string of the molecule is Cc1ccnn1C[C@@H]1C[C@@H](N=[N+]=[N-])CN1C(=O)O. The van der Waals surface area contributed by atoms with Gasteiger partial charge in [0.05, 0.1) is 18.6 Å². The third kappa shape index (κ3) is 2.38. The summed E-state index contributed by atoms with van der Waals surface area (Å²) >= 11 is 0. The van der Waals surface area contributed by atoms with Crippen LogP contribution >= 0.6 is 0 Å². The van der Waals surface area contributed by atoms with Crippen molar-refractivity contribution in [3.05, 3.63) is 28.4 Å². The zero-order valence-corrected chi connectivity index (χ0v) is 9.97. The Morgan fingerprint density at radius 1 is 1.78 bits per heavy atom. The topological polar surface area (TPSA) is 107 Å². The van der Waals surface area contributed by atoms with Crippen molar-refractivity contribution >= 4 is 6.09 Å². The van der Waals surface area contributed by atoms with Crippen LogP contribution in [0.3, 0.4) is 0 Å². The fourth-order valence-corrected chi connectivity index (χ4v) is 2.25. The van der Waals surface area contributed by atoms with Crippen LogP contribution in [-0.4, -0.2) is 44.5 Å². The fourth-order valence-electron chi connectivity index (χ4n) is 2.25. The highest BCUT2D eigenvalue weighted by Crippen LogP contribution is 2.22. The lowest BCUT2D eigenvalue weighted by Crippen LogP contribution is -2.37. The van der Waals surface area contributed by atoms with E-state index in [-0.39, 0.29) is 18.6 Å². The van der Waals surface area contributed by atoms with E-state index in [0.717, 1.165) is 5.69 Å². The number of hydrogen-bond donors (Lipinski definition) is 1. The van der Waals surface area contributed by atoms with Crippen molar-refractivity contribution in [1.29, 1.82) is 0 Å². The van der Waals surface area contributed by atoms with E-state index in [4.69, 9.17) is 10.6 Å². The van der Waals surface area contributed by atoms with Gasteiger partial charge in [0.2, 0.25) is 0 Å². The third-order valence-electron chi connectivity index (χ3n) is 3.17. The zero-order valence-electron chi connectivity index (χ0n) is 9.97. The fraction of sp³-hybridized carbons (Fsp3) is 0.600. The number of amides is 1. The van der Waals surface area contributed by atoms with Gasteiger partial charge >= 0.3 is 6.09 Å². The van der Waals surface area contributed by atoms with E-state index in [1.165, 1.54) is 4.90 Å². The van der Waals surface area contributed by atoms with Gasteiger partial charge in [-0.25, -0.2) is 4.79 Å². The normalized spacial score (nSPS) is 22.8. The molecule has 8 nitrogen and oxygen atoms in total. The number of aromatic nitrogens is 2. The van der Waals surface area contributed by atoms with Crippen LogP contribution in [0, 0.1) is 6.92 Å². The average Bonchev–Trinajstić information content (AvgIpc) is 2.88. The zero-order chi connectivity index (χ0) is 13.1. The quantitative estimate of drug-likeness (QED) is 0.500. The highest BCUT2D eigenvalue weighted by Gasteiger charge is 2.35. The number of carboxylic acid groups (broad SMARTS) is 1. The monoisotopic (exact) mass is 250 g/mol. The summed E-state index contributed by atoms with van der Waals surface area (Å²) in [5.41, 5.74) is 9.39. The Bertz CT molecular complexity index is 492. The van der Waals surface area contributed by atoms with Gasteiger partial charge < -0.3 is 10.0 Å². The maximum atomic E-state index is 11.1. The van der Waals surface area contributed by atoms with E-state index in [2.05, 4.69) is 15.1 Å². The minimum atomic E-state index is -0.986. The van der Waals surface area contributed by atoms with Crippen molar-refractivity contribution in [3.8, 4) is 0 Å². The molecule has 0 saturated carbocycles. The predicted molar refractivity (Wildman–Crippen MR) is 63.0 cm³/mol. The first-order valence-electron chi connectivity index (χ1n) is 5.64. The van der Waals surface area contributed by atoms with Crippen LogP contribution in [-0.2, 0) is 6.54 Å². The van der Waals surface area contributed by atoms with Crippen molar-refractivity contribution in [1.82, 2.24) is 14.7 Å². The van der Waals surface area contributed by atoms with Crippen molar-refractivity contribution < 1.29 is 9.90 Å². The van der Waals surface area contributed by atoms with E-state index < -0.39 is 6.09 Å². The Balaban J connectivity index is 2.12. The molecule has 1 aliphatic heterocycles. The summed E-state index contributed by atoms with van der Waals surface area (Å²) in [5, 5.41) is 16.9. The second-order valence-electron chi connectivity index (χ2n) is 4.34.